The molecule has 8 heteroatoms. The molecule has 1 rings (SSSR count). The molecule has 104 valence electrons. The molecule has 0 aliphatic heterocycles. The number of hydrogen-bond donors (Lipinski definition) is 2. The van der Waals surface area contributed by atoms with Gasteiger partial charge in [-0.15, -0.1) is 0 Å². The second-order valence-electron chi connectivity index (χ2n) is 3.62. The maximum Gasteiger partial charge on any atom is 0.342 e. The minimum Gasteiger partial charge on any atom is -0.477 e. The molecule has 0 bridgehead atoms. The van der Waals surface area contributed by atoms with Gasteiger partial charge in [0.05, 0.1) is 4.92 Å². The van der Waals surface area contributed by atoms with Crippen molar-refractivity contribution >= 4 is 28.1 Å². The summed E-state index contributed by atoms with van der Waals surface area (Å²) in [4.78, 5) is 21.1. The summed E-state index contributed by atoms with van der Waals surface area (Å²) in [5.41, 5.74) is -0.720. The second kappa shape index (κ2) is 6.83. The highest BCUT2D eigenvalue weighted by Gasteiger charge is 2.23. The summed E-state index contributed by atoms with van der Waals surface area (Å²) >= 11 is 0. The van der Waals surface area contributed by atoms with Crippen LogP contribution >= 0.6 is 0 Å². The van der Waals surface area contributed by atoms with Crippen LogP contribution in [-0.2, 0) is 10.8 Å². The van der Waals surface area contributed by atoms with Gasteiger partial charge >= 0.3 is 11.7 Å². The molecule has 0 amide bonds. The third-order valence-electron chi connectivity index (χ3n) is 2.42. The van der Waals surface area contributed by atoms with Crippen molar-refractivity contribution in [1.82, 2.24) is 0 Å². The summed E-state index contributed by atoms with van der Waals surface area (Å²) in [6.45, 7) is 2.06. The van der Waals surface area contributed by atoms with Gasteiger partial charge in [-0.25, -0.2) is 4.79 Å². The number of nitrogens with zero attached hydrogens (tertiary/aromatic N) is 1. The molecule has 0 heterocycles. The van der Waals surface area contributed by atoms with Crippen molar-refractivity contribution in [2.45, 2.75) is 6.92 Å². The molecule has 0 aliphatic rings. The zero-order chi connectivity index (χ0) is 14.4. The highest BCUT2D eigenvalue weighted by molar-refractivity contribution is 7.84. The normalized spacial score (nSPS) is 11.8. The van der Waals surface area contributed by atoms with Crippen molar-refractivity contribution in [3.05, 3.63) is 33.9 Å². The van der Waals surface area contributed by atoms with Crippen LogP contribution in [0.15, 0.2) is 18.2 Å². The Morgan fingerprint density at radius 3 is 2.74 bits per heavy atom. The zero-order valence-electron chi connectivity index (χ0n) is 10.3. The number of carboxylic acid groups (broad SMARTS) is 1. The van der Waals surface area contributed by atoms with E-state index in [2.05, 4.69) is 5.32 Å². The van der Waals surface area contributed by atoms with Gasteiger partial charge in [0.2, 0.25) is 0 Å². The smallest absolute Gasteiger partial charge is 0.342 e. The van der Waals surface area contributed by atoms with Gasteiger partial charge in [0, 0.05) is 28.9 Å². The molecule has 0 spiro atoms. The van der Waals surface area contributed by atoms with Gasteiger partial charge in [0.15, 0.2) is 0 Å². The van der Waals surface area contributed by atoms with Crippen molar-refractivity contribution < 1.29 is 19.0 Å². The van der Waals surface area contributed by atoms with Crippen molar-refractivity contribution in [3.8, 4) is 0 Å². The first kappa shape index (κ1) is 15.1. The summed E-state index contributed by atoms with van der Waals surface area (Å²) in [6, 6.07) is 4.03. The number of para-hydroxylation sites is 1. The monoisotopic (exact) mass is 286 g/mol. The summed E-state index contributed by atoms with van der Waals surface area (Å²) < 4.78 is 11.2. The lowest BCUT2D eigenvalue weighted by atomic mass is 10.1. The molecule has 0 aliphatic carbocycles. The number of aromatic carboxylic acids is 1. The quantitative estimate of drug-likeness (QED) is 0.580. The average molecular weight is 286 g/mol. The number of carbonyl (C=O) groups is 1. The first-order valence-electron chi connectivity index (χ1n) is 5.57. The maximum absolute atomic E-state index is 11.2. The molecule has 1 unspecified atom stereocenters. The SMILES string of the molecule is CCS(=O)CCNc1cccc(C(=O)O)c1[N+](=O)[O-]. The molecule has 7 nitrogen and oxygen atoms in total. The molecule has 0 radical (unpaired) electrons. The third kappa shape index (κ3) is 4.02. The van der Waals surface area contributed by atoms with Crippen molar-refractivity contribution in [2.75, 3.05) is 23.4 Å². The van der Waals surface area contributed by atoms with E-state index >= 15 is 0 Å². The van der Waals surface area contributed by atoms with Crippen LogP contribution in [0, 0.1) is 10.1 Å². The van der Waals surface area contributed by atoms with Gasteiger partial charge in [0.25, 0.3) is 0 Å². The maximum atomic E-state index is 11.2. The number of hydrogen-bond acceptors (Lipinski definition) is 5. The predicted octanol–water partition coefficient (Wildman–Crippen LogP) is 1.47. The van der Waals surface area contributed by atoms with Gasteiger partial charge in [-0.1, -0.05) is 13.0 Å². The van der Waals surface area contributed by atoms with Crippen LogP contribution in [-0.4, -0.2) is 38.3 Å². The van der Waals surface area contributed by atoms with Gasteiger partial charge in [-0.2, -0.15) is 0 Å². The number of nitro groups is 1. The Morgan fingerprint density at radius 1 is 1.53 bits per heavy atom. The standard InChI is InChI=1S/C11H14N2O5S/c1-2-19(18)7-6-12-9-5-3-4-8(11(14)15)10(9)13(16)17/h3-5,12H,2,6-7H2,1H3,(H,14,15). The zero-order valence-corrected chi connectivity index (χ0v) is 11.1. The van der Waals surface area contributed by atoms with E-state index in [-0.39, 0.29) is 17.8 Å². The molecule has 0 saturated carbocycles. The summed E-state index contributed by atoms with van der Waals surface area (Å²) in [5.74, 6) is -0.489. The van der Waals surface area contributed by atoms with E-state index in [0.717, 1.165) is 0 Å². The number of benzene rings is 1. The number of carboxylic acids is 1. The number of nitrogens with one attached hydrogen (secondary N) is 1. The fourth-order valence-corrected chi connectivity index (χ4v) is 2.12. The lowest BCUT2D eigenvalue weighted by Crippen LogP contribution is -2.14. The van der Waals surface area contributed by atoms with Crippen molar-refractivity contribution in [1.29, 1.82) is 0 Å². The molecule has 0 saturated heterocycles. The minimum atomic E-state index is -1.35. The first-order valence-corrected chi connectivity index (χ1v) is 7.05. The van der Waals surface area contributed by atoms with Crippen LogP contribution in [0.2, 0.25) is 0 Å². The lowest BCUT2D eigenvalue weighted by molar-refractivity contribution is -0.384. The van der Waals surface area contributed by atoms with Crippen LogP contribution < -0.4 is 5.32 Å². The number of nitro benzene ring substituents is 1. The molecule has 1 atom stereocenters. The molecule has 0 aromatic heterocycles. The summed E-state index contributed by atoms with van der Waals surface area (Å²) in [6.07, 6.45) is 0. The van der Waals surface area contributed by atoms with Gasteiger partial charge < -0.3 is 10.4 Å². The molecule has 1 aromatic rings. The van der Waals surface area contributed by atoms with E-state index < -0.39 is 27.4 Å². The average Bonchev–Trinajstić information content (AvgIpc) is 2.37. The van der Waals surface area contributed by atoms with E-state index in [0.29, 0.717) is 11.5 Å². The highest BCUT2D eigenvalue weighted by atomic mass is 32.2. The van der Waals surface area contributed by atoms with Crippen molar-refractivity contribution in [2.24, 2.45) is 0 Å². The van der Waals surface area contributed by atoms with Gasteiger partial charge in [0.1, 0.15) is 11.3 Å². The van der Waals surface area contributed by atoms with Crippen molar-refractivity contribution in [3.63, 3.8) is 0 Å². The van der Waals surface area contributed by atoms with Gasteiger partial charge in [-0.05, 0) is 12.1 Å². The van der Waals surface area contributed by atoms with E-state index in [9.17, 15) is 19.1 Å². The lowest BCUT2D eigenvalue weighted by Gasteiger charge is -2.08. The van der Waals surface area contributed by atoms with E-state index in [4.69, 9.17) is 5.11 Å². The summed E-state index contributed by atoms with van der Waals surface area (Å²) in [5, 5.41) is 22.6. The predicted molar refractivity (Wildman–Crippen MR) is 72.1 cm³/mol. The Morgan fingerprint density at radius 2 is 2.21 bits per heavy atom. The number of rotatable bonds is 7. The van der Waals surface area contributed by atoms with Crippen LogP contribution in [0.1, 0.15) is 17.3 Å². The Balaban J connectivity index is 2.94. The van der Waals surface area contributed by atoms with Crippen LogP contribution in [0.4, 0.5) is 11.4 Å². The van der Waals surface area contributed by atoms with Gasteiger partial charge in [-0.3, -0.25) is 14.3 Å². The van der Waals surface area contributed by atoms with Crippen LogP contribution in [0.25, 0.3) is 0 Å². The topological polar surface area (TPSA) is 110 Å². The highest BCUT2D eigenvalue weighted by Crippen LogP contribution is 2.28. The molecule has 1 aromatic carbocycles. The van der Waals surface area contributed by atoms with Crippen LogP contribution in [0.5, 0.6) is 0 Å². The molecule has 0 fully saturated rings. The third-order valence-corrected chi connectivity index (χ3v) is 3.72. The molecule has 19 heavy (non-hydrogen) atoms. The Hall–Kier alpha value is -1.96. The largest absolute Gasteiger partial charge is 0.477 e. The Kier molecular flexibility index (Phi) is 5.43. The molecule has 2 N–H and O–H groups in total. The second-order valence-corrected chi connectivity index (χ2v) is 5.49. The fraction of sp³-hybridized carbons (Fsp3) is 0.364. The van der Waals surface area contributed by atoms with E-state index in [1.807, 2.05) is 0 Å². The first-order chi connectivity index (χ1) is 8.97. The Bertz CT molecular complexity index is 518. The molecular formula is C11H14N2O5S. The molecular weight excluding hydrogens is 272 g/mol. The number of anilines is 1. The van der Waals surface area contributed by atoms with E-state index in [1.165, 1.54) is 18.2 Å². The van der Waals surface area contributed by atoms with Crippen LogP contribution in [0.3, 0.4) is 0 Å². The minimum absolute atomic E-state index is 0.123. The van der Waals surface area contributed by atoms with E-state index in [1.54, 1.807) is 6.92 Å². The Labute approximate surface area is 112 Å². The summed E-state index contributed by atoms with van der Waals surface area (Å²) in [7, 11) is -0.981. The fourth-order valence-electron chi connectivity index (χ4n) is 1.50.